The Morgan fingerprint density at radius 3 is 2.62 bits per heavy atom. The number of carboxylic acids is 1. The zero-order valence-corrected chi connectivity index (χ0v) is 13.8. The lowest BCUT2D eigenvalue weighted by molar-refractivity contribution is -0.141. The highest BCUT2D eigenvalue weighted by Gasteiger charge is 2.20. The number of nitrogens with one attached hydrogen (secondary N) is 1. The molecule has 0 aromatic heterocycles. The highest BCUT2D eigenvalue weighted by atomic mass is 79.9. The Morgan fingerprint density at radius 2 is 2.14 bits per heavy atom. The van der Waals surface area contributed by atoms with Crippen molar-refractivity contribution >= 4 is 45.2 Å². The minimum Gasteiger partial charge on any atom is -0.481 e. The van der Waals surface area contributed by atoms with E-state index in [-0.39, 0.29) is 17.3 Å². The summed E-state index contributed by atoms with van der Waals surface area (Å²) in [7, 11) is 0. The van der Waals surface area contributed by atoms with Crippen LogP contribution < -0.4 is 5.32 Å². The lowest BCUT2D eigenvalue weighted by atomic mass is 10.2. The van der Waals surface area contributed by atoms with Crippen molar-refractivity contribution in [1.29, 1.82) is 0 Å². The summed E-state index contributed by atoms with van der Waals surface area (Å²) in [5.41, 5.74) is 0.240. The van der Waals surface area contributed by atoms with Crippen molar-refractivity contribution in [1.82, 2.24) is 4.90 Å². The lowest BCUT2D eigenvalue weighted by Gasteiger charge is -2.23. The highest BCUT2D eigenvalue weighted by Crippen LogP contribution is 2.31. The zero-order valence-electron chi connectivity index (χ0n) is 11.5. The van der Waals surface area contributed by atoms with Crippen molar-refractivity contribution in [2.75, 3.05) is 18.4 Å². The fourth-order valence-electron chi connectivity index (χ4n) is 1.61. The van der Waals surface area contributed by atoms with Crippen molar-refractivity contribution in [2.24, 2.45) is 5.92 Å². The summed E-state index contributed by atoms with van der Waals surface area (Å²) in [6.45, 7) is 3.64. The van der Waals surface area contributed by atoms with Crippen LogP contribution in [0.25, 0.3) is 0 Å². The number of carbonyl (C=O) groups excluding carboxylic acids is 1. The largest absolute Gasteiger partial charge is 0.481 e. The summed E-state index contributed by atoms with van der Waals surface area (Å²) in [5, 5.41) is 11.5. The monoisotopic (exact) mass is 380 g/mol. The highest BCUT2D eigenvalue weighted by molar-refractivity contribution is 9.10. The van der Waals surface area contributed by atoms with Gasteiger partial charge in [-0.1, -0.05) is 18.5 Å². The summed E-state index contributed by atoms with van der Waals surface area (Å²) in [6.07, 6.45) is 0. The van der Waals surface area contributed by atoms with Crippen LogP contribution in [0.3, 0.4) is 0 Å². The van der Waals surface area contributed by atoms with Gasteiger partial charge >= 0.3 is 12.0 Å². The van der Waals surface area contributed by atoms with Crippen molar-refractivity contribution in [3.05, 3.63) is 27.4 Å². The van der Waals surface area contributed by atoms with Crippen LogP contribution in [0.1, 0.15) is 13.8 Å². The van der Waals surface area contributed by atoms with Gasteiger partial charge in [-0.25, -0.2) is 9.18 Å². The number of nitrogens with zero attached hydrogens (tertiary/aromatic N) is 1. The molecule has 1 aromatic carbocycles. The van der Waals surface area contributed by atoms with E-state index in [9.17, 15) is 14.0 Å². The van der Waals surface area contributed by atoms with E-state index in [1.165, 1.54) is 17.9 Å². The van der Waals surface area contributed by atoms with E-state index < -0.39 is 23.7 Å². The van der Waals surface area contributed by atoms with Gasteiger partial charge in [0.2, 0.25) is 0 Å². The molecule has 1 aromatic rings. The molecule has 1 atom stereocenters. The third-order valence-corrected chi connectivity index (χ3v) is 3.75. The molecule has 0 aliphatic carbocycles. The SMILES string of the molecule is CCN(CC(C)C(=O)O)C(=O)Nc1c(Cl)cc(F)cc1Br. The Morgan fingerprint density at radius 1 is 1.52 bits per heavy atom. The molecule has 0 radical (unpaired) electrons. The van der Waals surface area contributed by atoms with Crippen LogP contribution in [-0.4, -0.2) is 35.1 Å². The molecule has 1 unspecified atom stereocenters. The Balaban J connectivity index is 2.86. The van der Waals surface area contributed by atoms with Crippen LogP contribution in [0.4, 0.5) is 14.9 Å². The molecule has 0 fully saturated rings. The second kappa shape index (κ2) is 7.61. The first-order chi connectivity index (χ1) is 9.76. The van der Waals surface area contributed by atoms with Crippen LogP contribution in [0, 0.1) is 11.7 Å². The van der Waals surface area contributed by atoms with Gasteiger partial charge in [-0.2, -0.15) is 0 Å². The molecule has 2 amide bonds. The van der Waals surface area contributed by atoms with Gasteiger partial charge in [0.05, 0.1) is 16.6 Å². The topological polar surface area (TPSA) is 69.6 Å². The predicted molar refractivity (Wildman–Crippen MR) is 82.2 cm³/mol. The maximum absolute atomic E-state index is 13.1. The average molecular weight is 382 g/mol. The van der Waals surface area contributed by atoms with Crippen molar-refractivity contribution in [3.8, 4) is 0 Å². The van der Waals surface area contributed by atoms with E-state index in [2.05, 4.69) is 21.2 Å². The molecule has 0 saturated heterocycles. The van der Waals surface area contributed by atoms with Crippen LogP contribution in [0.5, 0.6) is 0 Å². The quantitative estimate of drug-likeness (QED) is 0.814. The fourth-order valence-corrected chi connectivity index (χ4v) is 2.51. The third kappa shape index (κ3) is 4.86. The summed E-state index contributed by atoms with van der Waals surface area (Å²) in [6, 6.07) is 1.76. The minimum atomic E-state index is -0.984. The maximum atomic E-state index is 13.1. The fraction of sp³-hybridized carbons (Fsp3) is 0.385. The number of benzene rings is 1. The van der Waals surface area contributed by atoms with Gasteiger partial charge in [0, 0.05) is 17.6 Å². The molecule has 0 spiro atoms. The first kappa shape index (κ1) is 17.7. The molecule has 1 rings (SSSR count). The Bertz CT molecular complexity index is 533. The van der Waals surface area contributed by atoms with E-state index in [0.717, 1.165) is 6.07 Å². The molecule has 21 heavy (non-hydrogen) atoms. The number of carboxylic acid groups (broad SMARTS) is 1. The molecule has 0 heterocycles. The minimum absolute atomic E-state index is 0.0533. The molecule has 0 bridgehead atoms. The normalized spacial score (nSPS) is 11.9. The molecule has 0 aliphatic heterocycles. The number of rotatable bonds is 5. The lowest BCUT2D eigenvalue weighted by Crippen LogP contribution is -2.39. The predicted octanol–water partition coefficient (Wildman–Crippen LogP) is 3.82. The molecular formula is C13H15BrClFN2O3. The van der Waals surface area contributed by atoms with Gasteiger partial charge < -0.3 is 15.3 Å². The van der Waals surface area contributed by atoms with E-state index in [4.69, 9.17) is 16.7 Å². The number of halogens is 3. The Hall–Kier alpha value is -1.34. The summed E-state index contributed by atoms with van der Waals surface area (Å²) < 4.78 is 13.4. The maximum Gasteiger partial charge on any atom is 0.321 e. The average Bonchev–Trinajstić information content (AvgIpc) is 2.39. The number of aliphatic carboxylic acids is 1. The number of hydrogen-bond donors (Lipinski definition) is 2. The van der Waals surface area contributed by atoms with Gasteiger partial charge in [-0.05, 0) is 35.0 Å². The van der Waals surface area contributed by atoms with Crippen molar-refractivity contribution < 1.29 is 19.1 Å². The second-order valence-electron chi connectivity index (χ2n) is 4.45. The molecule has 0 saturated carbocycles. The van der Waals surface area contributed by atoms with Gasteiger partial charge in [0.1, 0.15) is 5.82 Å². The van der Waals surface area contributed by atoms with Gasteiger partial charge in [-0.15, -0.1) is 0 Å². The molecule has 5 nitrogen and oxygen atoms in total. The van der Waals surface area contributed by atoms with Crippen LogP contribution in [-0.2, 0) is 4.79 Å². The second-order valence-corrected chi connectivity index (χ2v) is 5.71. The van der Waals surface area contributed by atoms with Gasteiger partial charge in [0.25, 0.3) is 0 Å². The van der Waals surface area contributed by atoms with E-state index >= 15 is 0 Å². The number of hydrogen-bond acceptors (Lipinski definition) is 2. The molecule has 0 aliphatic rings. The summed E-state index contributed by atoms with van der Waals surface area (Å²) >= 11 is 9.01. The van der Waals surface area contributed by atoms with Crippen LogP contribution in [0.15, 0.2) is 16.6 Å². The summed E-state index contributed by atoms with van der Waals surface area (Å²) in [5.74, 6) is -2.21. The van der Waals surface area contributed by atoms with E-state index in [1.807, 2.05) is 0 Å². The van der Waals surface area contributed by atoms with Crippen molar-refractivity contribution in [3.63, 3.8) is 0 Å². The Kier molecular flexibility index (Phi) is 6.42. The third-order valence-electron chi connectivity index (χ3n) is 2.82. The zero-order chi connectivity index (χ0) is 16.2. The molecular weight excluding hydrogens is 367 g/mol. The summed E-state index contributed by atoms with van der Waals surface area (Å²) in [4.78, 5) is 24.3. The number of amides is 2. The standard InChI is InChI=1S/C13H15BrClFN2O3/c1-3-18(6-7(2)12(19)20)13(21)17-11-9(14)4-8(16)5-10(11)15/h4-5,7H,3,6H2,1-2H3,(H,17,21)(H,19,20). The van der Waals surface area contributed by atoms with Gasteiger partial charge in [-0.3, -0.25) is 4.79 Å². The first-order valence-corrected chi connectivity index (χ1v) is 7.36. The first-order valence-electron chi connectivity index (χ1n) is 6.19. The Labute approximate surface area is 135 Å². The van der Waals surface area contributed by atoms with Crippen LogP contribution in [0.2, 0.25) is 5.02 Å². The molecule has 8 heteroatoms. The molecule has 2 N–H and O–H groups in total. The van der Waals surface area contributed by atoms with E-state index in [0.29, 0.717) is 11.0 Å². The van der Waals surface area contributed by atoms with Crippen LogP contribution >= 0.6 is 27.5 Å². The smallest absolute Gasteiger partial charge is 0.321 e. The molecule has 116 valence electrons. The number of anilines is 1. The van der Waals surface area contributed by atoms with E-state index in [1.54, 1.807) is 6.92 Å². The number of urea groups is 1. The van der Waals surface area contributed by atoms with Gasteiger partial charge in [0.15, 0.2) is 0 Å². The number of carbonyl (C=O) groups is 2. The van der Waals surface area contributed by atoms with Crippen molar-refractivity contribution in [2.45, 2.75) is 13.8 Å².